The molecule has 0 aliphatic heterocycles. The highest BCUT2D eigenvalue weighted by atomic mass is 79.9. The van der Waals surface area contributed by atoms with Crippen molar-refractivity contribution in [3.8, 4) is 0 Å². The molecule has 0 unspecified atom stereocenters. The van der Waals surface area contributed by atoms with E-state index in [-0.39, 0.29) is 11.3 Å². The number of anilines is 2. The maximum absolute atomic E-state index is 13.3. The third kappa shape index (κ3) is 4.05. The smallest absolute Gasteiger partial charge is 0.323 e. The van der Waals surface area contributed by atoms with Crippen LogP contribution in [0.25, 0.3) is 0 Å². The number of nitrogens with one attached hydrogen (secondary N) is 3. The van der Waals surface area contributed by atoms with Crippen molar-refractivity contribution >= 4 is 39.2 Å². The summed E-state index contributed by atoms with van der Waals surface area (Å²) in [5, 5.41) is 7.50. The summed E-state index contributed by atoms with van der Waals surface area (Å²) in [7, 11) is 1.46. The van der Waals surface area contributed by atoms with Crippen LogP contribution in [0.4, 0.5) is 20.6 Å². The molecule has 2 aromatic carbocycles. The van der Waals surface area contributed by atoms with Crippen molar-refractivity contribution in [2.75, 3.05) is 17.7 Å². The predicted octanol–water partition coefficient (Wildman–Crippen LogP) is 3.59. The fraction of sp³-hybridized carbons (Fsp3) is 0.0667. The Morgan fingerprint density at radius 1 is 1.09 bits per heavy atom. The number of hydrogen-bond acceptors (Lipinski definition) is 2. The van der Waals surface area contributed by atoms with Gasteiger partial charge in [-0.15, -0.1) is 0 Å². The Bertz CT molecular complexity index is 722. The Morgan fingerprint density at radius 2 is 1.86 bits per heavy atom. The first-order chi connectivity index (χ1) is 10.5. The molecule has 0 aliphatic carbocycles. The highest BCUT2D eigenvalue weighted by Gasteiger charge is 2.13. The van der Waals surface area contributed by atoms with E-state index in [0.29, 0.717) is 5.69 Å². The van der Waals surface area contributed by atoms with Crippen LogP contribution in [0.1, 0.15) is 10.4 Å². The lowest BCUT2D eigenvalue weighted by Crippen LogP contribution is -2.24. The van der Waals surface area contributed by atoms with Gasteiger partial charge in [-0.25, -0.2) is 9.18 Å². The van der Waals surface area contributed by atoms with Gasteiger partial charge < -0.3 is 16.0 Å². The lowest BCUT2D eigenvalue weighted by Gasteiger charge is -2.11. The van der Waals surface area contributed by atoms with Crippen molar-refractivity contribution in [3.05, 3.63) is 58.3 Å². The molecule has 2 rings (SSSR count). The first-order valence-corrected chi connectivity index (χ1v) is 7.14. The predicted molar refractivity (Wildman–Crippen MR) is 86.6 cm³/mol. The second-order valence-electron chi connectivity index (χ2n) is 4.36. The minimum absolute atomic E-state index is 0.0897. The summed E-state index contributed by atoms with van der Waals surface area (Å²) in [6.07, 6.45) is 0. The summed E-state index contributed by atoms with van der Waals surface area (Å²) in [4.78, 5) is 23.7. The van der Waals surface area contributed by atoms with E-state index in [0.717, 1.165) is 16.6 Å². The highest BCUT2D eigenvalue weighted by Crippen LogP contribution is 2.19. The molecule has 114 valence electrons. The van der Waals surface area contributed by atoms with E-state index >= 15 is 0 Å². The van der Waals surface area contributed by atoms with Crippen molar-refractivity contribution in [1.29, 1.82) is 0 Å². The zero-order valence-electron chi connectivity index (χ0n) is 11.6. The van der Waals surface area contributed by atoms with E-state index in [1.807, 2.05) is 6.07 Å². The Kier molecular flexibility index (Phi) is 5.11. The molecule has 2 aromatic rings. The summed E-state index contributed by atoms with van der Waals surface area (Å²) in [6.45, 7) is 0. The van der Waals surface area contributed by atoms with Gasteiger partial charge in [0, 0.05) is 17.2 Å². The second-order valence-corrected chi connectivity index (χ2v) is 5.27. The minimum atomic E-state index is -0.575. The molecule has 22 heavy (non-hydrogen) atoms. The molecule has 0 atom stereocenters. The van der Waals surface area contributed by atoms with Gasteiger partial charge in [0.2, 0.25) is 0 Å². The van der Waals surface area contributed by atoms with E-state index in [1.54, 1.807) is 18.2 Å². The molecule has 0 heterocycles. The summed E-state index contributed by atoms with van der Waals surface area (Å²) >= 11 is 3.29. The van der Waals surface area contributed by atoms with Gasteiger partial charge in [-0.1, -0.05) is 22.0 Å². The fourth-order valence-electron chi connectivity index (χ4n) is 1.80. The fourth-order valence-corrected chi connectivity index (χ4v) is 2.20. The van der Waals surface area contributed by atoms with Gasteiger partial charge in [0.25, 0.3) is 5.91 Å². The Morgan fingerprint density at radius 3 is 2.55 bits per heavy atom. The van der Waals surface area contributed by atoms with Gasteiger partial charge in [0.1, 0.15) is 5.82 Å². The summed E-state index contributed by atoms with van der Waals surface area (Å²) in [5.41, 5.74) is 0.824. The quantitative estimate of drug-likeness (QED) is 0.777. The maximum atomic E-state index is 13.3. The molecule has 0 radical (unpaired) electrons. The number of amides is 3. The zero-order chi connectivity index (χ0) is 16.1. The van der Waals surface area contributed by atoms with Crippen molar-refractivity contribution in [2.24, 2.45) is 0 Å². The van der Waals surface area contributed by atoms with Crippen LogP contribution in [0.5, 0.6) is 0 Å². The standard InChI is InChI=1S/C15H13BrFN3O2/c1-18-14(21)12-6-5-10(17)8-13(12)20-15(22)19-11-4-2-3-9(16)7-11/h2-8H,1H3,(H,18,21)(H2,19,20,22). The lowest BCUT2D eigenvalue weighted by atomic mass is 10.1. The Hall–Kier alpha value is -2.41. The monoisotopic (exact) mass is 365 g/mol. The molecule has 7 heteroatoms. The third-order valence-electron chi connectivity index (χ3n) is 2.78. The molecule has 0 saturated carbocycles. The molecule has 5 nitrogen and oxygen atoms in total. The number of halogens is 2. The maximum Gasteiger partial charge on any atom is 0.323 e. The third-order valence-corrected chi connectivity index (χ3v) is 3.28. The van der Waals surface area contributed by atoms with Crippen molar-refractivity contribution in [3.63, 3.8) is 0 Å². The van der Waals surface area contributed by atoms with Crippen LogP contribution in [0.3, 0.4) is 0 Å². The number of carbonyl (C=O) groups is 2. The van der Waals surface area contributed by atoms with Gasteiger partial charge in [0.05, 0.1) is 11.3 Å². The van der Waals surface area contributed by atoms with Crippen LogP contribution in [0, 0.1) is 5.82 Å². The molecule has 0 fully saturated rings. The molecule has 0 spiro atoms. The molecular formula is C15H13BrFN3O2. The van der Waals surface area contributed by atoms with Gasteiger partial charge in [-0.05, 0) is 36.4 Å². The van der Waals surface area contributed by atoms with Crippen molar-refractivity contribution in [2.45, 2.75) is 0 Å². The van der Waals surface area contributed by atoms with Crippen LogP contribution >= 0.6 is 15.9 Å². The van der Waals surface area contributed by atoms with Gasteiger partial charge in [-0.3, -0.25) is 4.79 Å². The summed E-state index contributed by atoms with van der Waals surface area (Å²) in [5.74, 6) is -0.969. The normalized spacial score (nSPS) is 9.95. The Balaban J connectivity index is 2.17. The van der Waals surface area contributed by atoms with Crippen LogP contribution in [0.15, 0.2) is 46.9 Å². The lowest BCUT2D eigenvalue weighted by molar-refractivity contribution is 0.0964. The van der Waals surface area contributed by atoms with Crippen LogP contribution in [-0.4, -0.2) is 19.0 Å². The molecule has 3 N–H and O–H groups in total. The van der Waals surface area contributed by atoms with E-state index in [2.05, 4.69) is 31.9 Å². The van der Waals surface area contributed by atoms with E-state index in [9.17, 15) is 14.0 Å². The molecule has 0 saturated heterocycles. The zero-order valence-corrected chi connectivity index (χ0v) is 13.2. The molecule has 0 bridgehead atoms. The number of urea groups is 1. The van der Waals surface area contributed by atoms with Crippen LogP contribution < -0.4 is 16.0 Å². The first kappa shape index (κ1) is 16.0. The number of benzene rings is 2. The van der Waals surface area contributed by atoms with Gasteiger partial charge >= 0.3 is 6.03 Å². The van der Waals surface area contributed by atoms with Gasteiger partial charge in [0.15, 0.2) is 0 Å². The average Bonchev–Trinajstić information content (AvgIpc) is 2.46. The molecular weight excluding hydrogens is 353 g/mol. The highest BCUT2D eigenvalue weighted by molar-refractivity contribution is 9.10. The summed E-state index contributed by atoms with van der Waals surface area (Å²) < 4.78 is 14.1. The SMILES string of the molecule is CNC(=O)c1ccc(F)cc1NC(=O)Nc1cccc(Br)c1. The Labute approximate surface area is 135 Å². The van der Waals surface area contributed by atoms with Crippen LogP contribution in [0.2, 0.25) is 0 Å². The van der Waals surface area contributed by atoms with E-state index < -0.39 is 17.8 Å². The van der Waals surface area contributed by atoms with Crippen molar-refractivity contribution in [1.82, 2.24) is 5.32 Å². The number of rotatable bonds is 3. The van der Waals surface area contributed by atoms with E-state index in [4.69, 9.17) is 0 Å². The molecule has 0 aliphatic rings. The van der Waals surface area contributed by atoms with Crippen molar-refractivity contribution < 1.29 is 14.0 Å². The summed E-state index contributed by atoms with van der Waals surface area (Å²) in [6, 6.07) is 9.97. The largest absolute Gasteiger partial charge is 0.355 e. The molecule has 3 amide bonds. The number of carbonyl (C=O) groups excluding carboxylic acids is 2. The second kappa shape index (κ2) is 7.04. The first-order valence-electron chi connectivity index (χ1n) is 6.35. The van der Waals surface area contributed by atoms with Crippen LogP contribution in [-0.2, 0) is 0 Å². The van der Waals surface area contributed by atoms with Gasteiger partial charge in [-0.2, -0.15) is 0 Å². The molecule has 0 aromatic heterocycles. The topological polar surface area (TPSA) is 70.2 Å². The number of hydrogen-bond donors (Lipinski definition) is 3. The van der Waals surface area contributed by atoms with E-state index in [1.165, 1.54) is 13.1 Å². The minimum Gasteiger partial charge on any atom is -0.355 e. The average molecular weight is 366 g/mol.